The van der Waals surface area contributed by atoms with Gasteiger partial charge >= 0.3 is 5.97 Å². The van der Waals surface area contributed by atoms with Crippen molar-refractivity contribution >= 4 is 5.97 Å². The number of ether oxygens (including phenoxy) is 1. The Morgan fingerprint density at radius 2 is 2.08 bits per heavy atom. The Morgan fingerprint density at radius 1 is 1.46 bits per heavy atom. The SMILES string of the molecule is COC(=O)[C@@H](C)c1ccccc1F. The van der Waals surface area contributed by atoms with Gasteiger partial charge in [0.15, 0.2) is 0 Å². The van der Waals surface area contributed by atoms with Crippen LogP contribution in [0.5, 0.6) is 0 Å². The largest absolute Gasteiger partial charge is 0.469 e. The van der Waals surface area contributed by atoms with Crippen molar-refractivity contribution in [1.29, 1.82) is 0 Å². The summed E-state index contributed by atoms with van der Waals surface area (Å²) in [5, 5.41) is 0. The van der Waals surface area contributed by atoms with Crippen LogP contribution in [0.2, 0.25) is 0 Å². The fourth-order valence-corrected chi connectivity index (χ4v) is 1.13. The molecule has 0 N–H and O–H groups in total. The minimum absolute atomic E-state index is 0.370. The lowest BCUT2D eigenvalue weighted by molar-refractivity contribution is -0.142. The van der Waals surface area contributed by atoms with Crippen molar-refractivity contribution in [2.24, 2.45) is 0 Å². The van der Waals surface area contributed by atoms with Gasteiger partial charge in [-0.15, -0.1) is 0 Å². The number of rotatable bonds is 2. The van der Waals surface area contributed by atoms with Gasteiger partial charge in [-0.3, -0.25) is 4.79 Å². The maximum Gasteiger partial charge on any atom is 0.312 e. The van der Waals surface area contributed by atoms with Crippen molar-refractivity contribution in [3.8, 4) is 0 Å². The van der Waals surface area contributed by atoms with Crippen LogP contribution in [-0.4, -0.2) is 13.1 Å². The fraction of sp³-hybridized carbons (Fsp3) is 0.300. The molecule has 13 heavy (non-hydrogen) atoms. The van der Waals surface area contributed by atoms with Crippen molar-refractivity contribution in [3.05, 3.63) is 35.6 Å². The third-order valence-corrected chi connectivity index (χ3v) is 1.93. The third kappa shape index (κ3) is 2.05. The molecule has 0 amide bonds. The van der Waals surface area contributed by atoms with Gasteiger partial charge in [-0.1, -0.05) is 18.2 Å². The fourth-order valence-electron chi connectivity index (χ4n) is 1.13. The first-order valence-electron chi connectivity index (χ1n) is 3.99. The average Bonchev–Trinajstić information content (AvgIpc) is 2.16. The molecule has 0 aliphatic rings. The van der Waals surface area contributed by atoms with Crippen LogP contribution in [0, 0.1) is 5.82 Å². The molecule has 0 saturated carbocycles. The lowest BCUT2D eigenvalue weighted by atomic mass is 10.0. The molecule has 0 aromatic heterocycles. The maximum atomic E-state index is 13.1. The molecule has 0 bridgehead atoms. The molecule has 1 atom stereocenters. The summed E-state index contributed by atoms with van der Waals surface area (Å²) in [4.78, 5) is 11.1. The zero-order valence-electron chi connectivity index (χ0n) is 7.58. The number of methoxy groups -OCH3 is 1. The number of hydrogen-bond acceptors (Lipinski definition) is 2. The predicted molar refractivity (Wildman–Crippen MR) is 46.8 cm³/mol. The lowest BCUT2D eigenvalue weighted by Gasteiger charge is -2.09. The van der Waals surface area contributed by atoms with Gasteiger partial charge in [0.2, 0.25) is 0 Å². The monoisotopic (exact) mass is 182 g/mol. The summed E-state index contributed by atoms with van der Waals surface area (Å²) in [5.74, 6) is -1.35. The Kier molecular flexibility index (Phi) is 3.01. The smallest absolute Gasteiger partial charge is 0.312 e. The summed E-state index contributed by atoms with van der Waals surface area (Å²) in [6.45, 7) is 1.62. The minimum Gasteiger partial charge on any atom is -0.469 e. The summed E-state index contributed by atoms with van der Waals surface area (Å²) in [6, 6.07) is 6.19. The molecule has 0 unspecified atom stereocenters. The molecule has 0 heterocycles. The van der Waals surface area contributed by atoms with Crippen LogP contribution < -0.4 is 0 Å². The van der Waals surface area contributed by atoms with Crippen LogP contribution in [0.15, 0.2) is 24.3 Å². The number of esters is 1. The van der Waals surface area contributed by atoms with Crippen LogP contribution in [0.25, 0.3) is 0 Å². The molecule has 1 aromatic rings. The molecular weight excluding hydrogens is 171 g/mol. The molecule has 3 heteroatoms. The Labute approximate surface area is 76.3 Å². The van der Waals surface area contributed by atoms with E-state index in [1.807, 2.05) is 0 Å². The minimum atomic E-state index is -0.550. The Balaban J connectivity index is 2.95. The molecule has 0 radical (unpaired) electrons. The van der Waals surface area contributed by atoms with E-state index in [9.17, 15) is 9.18 Å². The van der Waals surface area contributed by atoms with E-state index >= 15 is 0 Å². The predicted octanol–water partition coefficient (Wildman–Crippen LogP) is 2.10. The second-order valence-corrected chi connectivity index (χ2v) is 2.77. The first-order chi connectivity index (χ1) is 6.16. The van der Waals surface area contributed by atoms with E-state index in [-0.39, 0.29) is 5.82 Å². The number of carbonyl (C=O) groups excluding carboxylic acids is 1. The van der Waals surface area contributed by atoms with E-state index < -0.39 is 11.9 Å². The van der Waals surface area contributed by atoms with Gasteiger partial charge in [-0.05, 0) is 13.0 Å². The summed E-state index contributed by atoms with van der Waals surface area (Å²) in [5.41, 5.74) is 0.370. The topological polar surface area (TPSA) is 26.3 Å². The van der Waals surface area contributed by atoms with E-state index in [4.69, 9.17) is 0 Å². The normalized spacial score (nSPS) is 12.2. The molecule has 0 aliphatic carbocycles. The zero-order chi connectivity index (χ0) is 9.84. The van der Waals surface area contributed by atoms with Crippen LogP contribution in [-0.2, 0) is 9.53 Å². The zero-order valence-corrected chi connectivity index (χ0v) is 7.58. The van der Waals surface area contributed by atoms with Crippen molar-refractivity contribution in [1.82, 2.24) is 0 Å². The first kappa shape index (κ1) is 9.71. The van der Waals surface area contributed by atoms with Gasteiger partial charge in [0.05, 0.1) is 13.0 Å². The van der Waals surface area contributed by atoms with Crippen molar-refractivity contribution < 1.29 is 13.9 Å². The van der Waals surface area contributed by atoms with Crippen LogP contribution >= 0.6 is 0 Å². The summed E-state index contributed by atoms with van der Waals surface area (Å²) in [6.07, 6.45) is 0. The molecule has 1 rings (SSSR count). The van der Waals surface area contributed by atoms with E-state index in [1.165, 1.54) is 13.2 Å². The summed E-state index contributed by atoms with van der Waals surface area (Å²) in [7, 11) is 1.29. The second-order valence-electron chi connectivity index (χ2n) is 2.77. The molecule has 0 spiro atoms. The van der Waals surface area contributed by atoms with Gasteiger partial charge in [0, 0.05) is 5.56 Å². The highest BCUT2D eigenvalue weighted by atomic mass is 19.1. The molecule has 0 fully saturated rings. The van der Waals surface area contributed by atoms with Crippen molar-refractivity contribution in [2.75, 3.05) is 7.11 Å². The molecular formula is C10H11FO2. The molecule has 0 saturated heterocycles. The van der Waals surface area contributed by atoms with E-state index in [1.54, 1.807) is 25.1 Å². The highest BCUT2D eigenvalue weighted by Crippen LogP contribution is 2.19. The van der Waals surface area contributed by atoms with Gasteiger partial charge in [-0.2, -0.15) is 0 Å². The lowest BCUT2D eigenvalue weighted by Crippen LogP contribution is -2.12. The van der Waals surface area contributed by atoms with Gasteiger partial charge in [0.1, 0.15) is 5.82 Å². The maximum absolute atomic E-state index is 13.1. The van der Waals surface area contributed by atoms with Gasteiger partial charge in [0.25, 0.3) is 0 Å². The van der Waals surface area contributed by atoms with E-state index in [0.717, 1.165) is 0 Å². The third-order valence-electron chi connectivity index (χ3n) is 1.93. The van der Waals surface area contributed by atoms with E-state index in [0.29, 0.717) is 5.56 Å². The molecule has 70 valence electrons. The standard InChI is InChI=1S/C10H11FO2/c1-7(10(12)13-2)8-5-3-4-6-9(8)11/h3-7H,1-2H3/t7-/m0/s1. The quantitative estimate of drug-likeness (QED) is 0.655. The number of carbonyl (C=O) groups is 1. The highest BCUT2D eigenvalue weighted by molar-refractivity contribution is 5.77. The van der Waals surface area contributed by atoms with Crippen LogP contribution in [0.3, 0.4) is 0 Å². The molecule has 1 aromatic carbocycles. The number of benzene rings is 1. The number of halogens is 1. The van der Waals surface area contributed by atoms with Gasteiger partial charge < -0.3 is 4.74 Å². The second kappa shape index (κ2) is 4.03. The summed E-state index contributed by atoms with van der Waals surface area (Å²) >= 11 is 0. The van der Waals surface area contributed by atoms with Gasteiger partial charge in [-0.25, -0.2) is 4.39 Å². The average molecular weight is 182 g/mol. The van der Waals surface area contributed by atoms with Crippen molar-refractivity contribution in [3.63, 3.8) is 0 Å². The van der Waals surface area contributed by atoms with E-state index in [2.05, 4.69) is 4.74 Å². The Morgan fingerprint density at radius 3 is 2.62 bits per heavy atom. The highest BCUT2D eigenvalue weighted by Gasteiger charge is 2.18. The molecule has 0 aliphatic heterocycles. The van der Waals surface area contributed by atoms with Crippen LogP contribution in [0.4, 0.5) is 4.39 Å². The Hall–Kier alpha value is -1.38. The first-order valence-corrected chi connectivity index (χ1v) is 3.99. The molecule has 2 nitrogen and oxygen atoms in total. The number of hydrogen-bond donors (Lipinski definition) is 0. The summed E-state index contributed by atoms with van der Waals surface area (Å²) < 4.78 is 17.6. The van der Waals surface area contributed by atoms with Crippen LogP contribution in [0.1, 0.15) is 18.4 Å². The Bertz CT molecular complexity index is 310. The van der Waals surface area contributed by atoms with Crippen molar-refractivity contribution in [2.45, 2.75) is 12.8 Å².